The molecule has 2 rings (SSSR count). The molecule has 21 heavy (non-hydrogen) atoms. The molecule has 0 radical (unpaired) electrons. The van der Waals surface area contributed by atoms with Crippen LogP contribution in [-0.2, 0) is 6.42 Å². The molecule has 0 aliphatic heterocycles. The van der Waals surface area contributed by atoms with Crippen molar-refractivity contribution >= 4 is 33.3 Å². The van der Waals surface area contributed by atoms with Gasteiger partial charge in [0.2, 0.25) is 0 Å². The third-order valence-corrected chi connectivity index (χ3v) is 3.49. The number of nitrogens with zero attached hydrogens (tertiary/aromatic N) is 3. The molecule has 0 unspecified atom stereocenters. The minimum Gasteiger partial charge on any atom is -0.370 e. The maximum atomic E-state index is 9.23. The molecule has 5 nitrogen and oxygen atoms in total. The van der Waals surface area contributed by atoms with Crippen molar-refractivity contribution in [3.63, 3.8) is 0 Å². The highest BCUT2D eigenvalue weighted by atomic mass is 79.9. The third-order valence-electron chi connectivity index (χ3n) is 3.00. The van der Waals surface area contributed by atoms with E-state index < -0.39 is 0 Å². The zero-order valence-electron chi connectivity index (χ0n) is 11.9. The second-order valence-electron chi connectivity index (χ2n) is 4.36. The van der Waals surface area contributed by atoms with Gasteiger partial charge in [-0.05, 0) is 31.5 Å². The Balaban J connectivity index is 2.40. The van der Waals surface area contributed by atoms with E-state index in [2.05, 4.69) is 49.5 Å². The maximum absolute atomic E-state index is 9.23. The fraction of sp³-hybridized carbons (Fsp3) is 0.267. The fourth-order valence-electron chi connectivity index (χ4n) is 2.02. The zero-order chi connectivity index (χ0) is 15.2. The maximum Gasteiger partial charge on any atom is 0.139 e. The van der Waals surface area contributed by atoms with Gasteiger partial charge in [0, 0.05) is 16.6 Å². The Kier molecular flexibility index (Phi) is 5.12. The average molecular weight is 346 g/mol. The van der Waals surface area contributed by atoms with Crippen LogP contribution in [0.2, 0.25) is 0 Å². The van der Waals surface area contributed by atoms with Gasteiger partial charge in [0.1, 0.15) is 24.0 Å². The van der Waals surface area contributed by atoms with Crippen molar-refractivity contribution in [2.24, 2.45) is 0 Å². The molecule has 0 aliphatic rings. The number of nitriles is 1. The van der Waals surface area contributed by atoms with E-state index in [1.165, 1.54) is 6.33 Å². The lowest BCUT2D eigenvalue weighted by Crippen LogP contribution is -2.07. The van der Waals surface area contributed by atoms with Crippen LogP contribution in [0.15, 0.2) is 29.0 Å². The Morgan fingerprint density at radius 3 is 2.67 bits per heavy atom. The van der Waals surface area contributed by atoms with Gasteiger partial charge in [-0.25, -0.2) is 9.97 Å². The van der Waals surface area contributed by atoms with Crippen molar-refractivity contribution in [3.05, 3.63) is 40.1 Å². The minimum atomic E-state index is 0.565. The van der Waals surface area contributed by atoms with E-state index in [0.29, 0.717) is 5.56 Å². The molecule has 2 N–H and O–H groups in total. The monoisotopic (exact) mass is 345 g/mol. The van der Waals surface area contributed by atoms with Crippen LogP contribution in [0.3, 0.4) is 0 Å². The highest BCUT2D eigenvalue weighted by Gasteiger charge is 2.11. The van der Waals surface area contributed by atoms with Gasteiger partial charge in [0.25, 0.3) is 0 Å². The summed E-state index contributed by atoms with van der Waals surface area (Å²) in [6, 6.07) is 7.71. The van der Waals surface area contributed by atoms with Crippen LogP contribution in [-0.4, -0.2) is 16.5 Å². The molecule has 1 heterocycles. The first-order chi connectivity index (χ1) is 10.2. The van der Waals surface area contributed by atoms with Gasteiger partial charge >= 0.3 is 0 Å². The Labute approximate surface area is 132 Å². The highest BCUT2D eigenvalue weighted by molar-refractivity contribution is 9.10. The minimum absolute atomic E-state index is 0.565. The number of hydrogen-bond acceptors (Lipinski definition) is 5. The normalized spacial score (nSPS) is 10.0. The van der Waals surface area contributed by atoms with Crippen LogP contribution < -0.4 is 10.6 Å². The van der Waals surface area contributed by atoms with Crippen LogP contribution in [0.4, 0.5) is 17.3 Å². The highest BCUT2D eigenvalue weighted by Crippen LogP contribution is 2.27. The predicted octanol–water partition coefficient (Wildman–Crippen LogP) is 3.85. The molecule has 2 aromatic rings. The van der Waals surface area contributed by atoms with Gasteiger partial charge in [-0.3, -0.25) is 0 Å². The quantitative estimate of drug-likeness (QED) is 0.860. The van der Waals surface area contributed by atoms with E-state index in [-0.39, 0.29) is 0 Å². The summed E-state index contributed by atoms with van der Waals surface area (Å²) in [6.07, 6.45) is 2.31. The predicted molar refractivity (Wildman–Crippen MR) is 87.7 cm³/mol. The number of hydrogen-bond donors (Lipinski definition) is 2. The molecule has 1 aromatic carbocycles. The molecule has 0 amide bonds. The smallest absolute Gasteiger partial charge is 0.139 e. The van der Waals surface area contributed by atoms with Gasteiger partial charge in [-0.1, -0.05) is 22.9 Å². The van der Waals surface area contributed by atoms with Gasteiger partial charge < -0.3 is 10.6 Å². The fourth-order valence-corrected chi connectivity index (χ4v) is 2.38. The molecule has 0 aliphatic carbocycles. The van der Waals surface area contributed by atoms with Gasteiger partial charge in [-0.15, -0.1) is 0 Å². The SMILES string of the molecule is CCNc1ncnc(Nc2ccc(Br)cc2C#N)c1CC. The van der Waals surface area contributed by atoms with Crippen molar-refractivity contribution in [2.45, 2.75) is 20.3 Å². The summed E-state index contributed by atoms with van der Waals surface area (Å²) >= 11 is 3.37. The third kappa shape index (κ3) is 3.50. The van der Waals surface area contributed by atoms with E-state index in [0.717, 1.165) is 40.3 Å². The van der Waals surface area contributed by atoms with Crippen LogP contribution in [0.5, 0.6) is 0 Å². The van der Waals surface area contributed by atoms with Crippen molar-refractivity contribution in [3.8, 4) is 6.07 Å². The summed E-state index contributed by atoms with van der Waals surface area (Å²) in [5.41, 5.74) is 2.30. The molecule has 1 aromatic heterocycles. The molecular weight excluding hydrogens is 330 g/mol. The zero-order valence-corrected chi connectivity index (χ0v) is 13.5. The Morgan fingerprint density at radius 2 is 2.00 bits per heavy atom. The molecule has 0 bridgehead atoms. The molecule has 6 heteroatoms. The van der Waals surface area contributed by atoms with Crippen molar-refractivity contribution in [1.82, 2.24) is 9.97 Å². The summed E-state index contributed by atoms with van der Waals surface area (Å²) in [7, 11) is 0. The number of benzene rings is 1. The topological polar surface area (TPSA) is 73.6 Å². The summed E-state index contributed by atoms with van der Waals surface area (Å²) in [5.74, 6) is 1.55. The molecule has 0 saturated carbocycles. The largest absolute Gasteiger partial charge is 0.370 e. The first-order valence-corrected chi connectivity index (χ1v) is 7.53. The Morgan fingerprint density at radius 1 is 1.24 bits per heavy atom. The summed E-state index contributed by atoms with van der Waals surface area (Å²) in [4.78, 5) is 8.57. The number of aromatic nitrogens is 2. The lowest BCUT2D eigenvalue weighted by molar-refractivity contribution is 1.03. The van der Waals surface area contributed by atoms with Crippen molar-refractivity contribution in [2.75, 3.05) is 17.2 Å². The van der Waals surface area contributed by atoms with E-state index in [9.17, 15) is 5.26 Å². The summed E-state index contributed by atoms with van der Waals surface area (Å²) in [6.45, 7) is 4.87. The van der Waals surface area contributed by atoms with Gasteiger partial charge in [0.15, 0.2) is 0 Å². The second kappa shape index (κ2) is 7.04. The Bertz CT molecular complexity index is 678. The lowest BCUT2D eigenvalue weighted by atomic mass is 10.1. The van der Waals surface area contributed by atoms with Crippen molar-refractivity contribution in [1.29, 1.82) is 5.26 Å². The average Bonchev–Trinajstić information content (AvgIpc) is 2.49. The van der Waals surface area contributed by atoms with Crippen LogP contribution in [0.1, 0.15) is 25.0 Å². The standard InChI is InChI=1S/C15H16BrN5/c1-3-12-14(18-4-2)19-9-20-15(12)21-13-6-5-11(16)7-10(13)8-17/h5-7,9H,3-4H2,1-2H3,(H2,18,19,20,21). The number of halogens is 1. The van der Waals surface area contributed by atoms with Crippen LogP contribution in [0, 0.1) is 11.3 Å². The molecule has 0 saturated heterocycles. The van der Waals surface area contributed by atoms with Crippen molar-refractivity contribution < 1.29 is 0 Å². The summed E-state index contributed by atoms with van der Waals surface area (Å²) in [5, 5.41) is 15.7. The number of rotatable bonds is 5. The van der Waals surface area contributed by atoms with Crippen LogP contribution >= 0.6 is 15.9 Å². The first-order valence-electron chi connectivity index (χ1n) is 6.74. The molecule has 0 atom stereocenters. The molecular formula is C15H16BrN5. The molecule has 0 spiro atoms. The number of nitrogens with one attached hydrogen (secondary N) is 2. The van der Waals surface area contributed by atoms with E-state index in [1.807, 2.05) is 19.1 Å². The number of anilines is 3. The first kappa shape index (κ1) is 15.3. The lowest BCUT2D eigenvalue weighted by Gasteiger charge is -2.14. The van der Waals surface area contributed by atoms with E-state index in [4.69, 9.17) is 0 Å². The van der Waals surface area contributed by atoms with Gasteiger partial charge in [-0.2, -0.15) is 5.26 Å². The van der Waals surface area contributed by atoms with E-state index in [1.54, 1.807) is 6.07 Å². The second-order valence-corrected chi connectivity index (χ2v) is 5.28. The molecule has 108 valence electrons. The van der Waals surface area contributed by atoms with Crippen LogP contribution in [0.25, 0.3) is 0 Å². The van der Waals surface area contributed by atoms with Gasteiger partial charge in [0.05, 0.1) is 11.3 Å². The van der Waals surface area contributed by atoms with E-state index >= 15 is 0 Å². The molecule has 0 fully saturated rings. The summed E-state index contributed by atoms with van der Waals surface area (Å²) < 4.78 is 0.872. The Hall–Kier alpha value is -2.13.